The Morgan fingerprint density at radius 2 is 1.66 bits per heavy atom. The van der Waals surface area contributed by atoms with Gasteiger partial charge in [0.15, 0.2) is 0 Å². The zero-order chi connectivity index (χ0) is 24.8. The molecule has 0 atom stereocenters. The van der Waals surface area contributed by atoms with E-state index in [1.807, 2.05) is 60.7 Å². The molecule has 1 heterocycles. The largest absolute Gasteiger partial charge is 0.496 e. The number of benzene rings is 3. The molecule has 0 aliphatic carbocycles. The van der Waals surface area contributed by atoms with Gasteiger partial charge in [0.05, 0.1) is 25.4 Å². The smallest absolute Gasteiger partial charge is 0.311 e. The first kappa shape index (κ1) is 23.4. The van der Waals surface area contributed by atoms with Crippen molar-refractivity contribution in [1.29, 1.82) is 0 Å². The highest BCUT2D eigenvalue weighted by Crippen LogP contribution is 2.36. The van der Waals surface area contributed by atoms with Gasteiger partial charge in [-0.2, -0.15) is 10.2 Å². The van der Waals surface area contributed by atoms with E-state index >= 15 is 0 Å². The Morgan fingerprint density at radius 3 is 2.20 bits per heavy atom. The van der Waals surface area contributed by atoms with Crippen molar-refractivity contribution < 1.29 is 19.2 Å². The Labute approximate surface area is 201 Å². The van der Waals surface area contributed by atoms with Gasteiger partial charge in [-0.25, -0.2) is 5.43 Å². The Morgan fingerprint density at radius 1 is 1.06 bits per heavy atom. The molecule has 10 nitrogen and oxygen atoms in total. The molecule has 10 heteroatoms. The van der Waals surface area contributed by atoms with Crippen LogP contribution in [0, 0.1) is 10.1 Å². The summed E-state index contributed by atoms with van der Waals surface area (Å²) in [5, 5.41) is 19.6. The van der Waals surface area contributed by atoms with E-state index in [1.54, 1.807) is 0 Å². The van der Waals surface area contributed by atoms with Crippen LogP contribution in [-0.2, 0) is 10.3 Å². The van der Waals surface area contributed by atoms with E-state index in [4.69, 9.17) is 9.47 Å². The number of ether oxygens (including phenoxy) is 2. The number of hydrogen-bond donors (Lipinski definition) is 2. The summed E-state index contributed by atoms with van der Waals surface area (Å²) in [7, 11) is 2.75. The highest BCUT2D eigenvalue weighted by atomic mass is 16.6. The third-order valence-corrected chi connectivity index (χ3v) is 5.71. The molecule has 0 aromatic heterocycles. The van der Waals surface area contributed by atoms with Crippen LogP contribution in [0.5, 0.6) is 11.5 Å². The van der Waals surface area contributed by atoms with Crippen LogP contribution in [0.3, 0.4) is 0 Å². The lowest BCUT2D eigenvalue weighted by atomic mass is 9.80. The van der Waals surface area contributed by atoms with Gasteiger partial charge in [-0.1, -0.05) is 60.7 Å². The minimum atomic E-state index is -0.696. The fraction of sp³-hybridized carbons (Fsp3) is 0.160. The van der Waals surface area contributed by atoms with Crippen LogP contribution in [0.25, 0.3) is 0 Å². The molecule has 0 radical (unpaired) electrons. The topological polar surface area (TPSA) is 127 Å². The Bertz CT molecular complexity index is 1250. The predicted molar refractivity (Wildman–Crippen MR) is 131 cm³/mol. The highest BCUT2D eigenvalue weighted by Gasteiger charge is 2.41. The number of carbonyl (C=O) groups is 1. The second kappa shape index (κ2) is 10.0. The van der Waals surface area contributed by atoms with Crippen LogP contribution in [0.15, 0.2) is 83.0 Å². The van der Waals surface area contributed by atoms with Crippen molar-refractivity contribution in [3.8, 4) is 11.5 Å². The second-order valence-electron chi connectivity index (χ2n) is 7.71. The molecule has 2 N–H and O–H groups in total. The molecule has 0 unspecified atom stereocenters. The molecule has 1 amide bonds. The molecular weight excluding hydrogens is 450 g/mol. The number of methoxy groups -OCH3 is 2. The molecule has 35 heavy (non-hydrogen) atoms. The molecule has 0 saturated heterocycles. The first-order valence-electron chi connectivity index (χ1n) is 10.7. The summed E-state index contributed by atoms with van der Waals surface area (Å²) in [6.07, 6.45) is 1.58. The van der Waals surface area contributed by atoms with Crippen molar-refractivity contribution >= 4 is 23.5 Å². The van der Waals surface area contributed by atoms with Gasteiger partial charge in [-0.15, -0.1) is 0 Å². The molecular formula is C25H23N5O5. The highest BCUT2D eigenvalue weighted by molar-refractivity contribution is 6.39. The van der Waals surface area contributed by atoms with Crippen LogP contribution in [0.4, 0.5) is 5.69 Å². The number of amides is 1. The summed E-state index contributed by atoms with van der Waals surface area (Å²) < 4.78 is 10.3. The van der Waals surface area contributed by atoms with Crippen molar-refractivity contribution in [1.82, 2.24) is 10.9 Å². The van der Waals surface area contributed by atoms with Gasteiger partial charge in [0.2, 0.25) is 5.75 Å². The first-order valence-corrected chi connectivity index (χ1v) is 10.7. The van der Waals surface area contributed by atoms with E-state index in [-0.39, 0.29) is 17.1 Å². The standard InChI is InChI=1S/C25H23N5O5/c1-34-22-14-23(35-2)21(30(32)33)13-17(22)16-26-28-24(31)20-15-25(29-27-20,18-9-5-3-6-10-18)19-11-7-4-8-12-19/h3-14,16,29H,15H2,1-2H3,(H,28,31)/b26-16-. The van der Waals surface area contributed by atoms with E-state index in [2.05, 4.69) is 21.1 Å². The zero-order valence-electron chi connectivity index (χ0n) is 19.1. The number of hydrogen-bond acceptors (Lipinski definition) is 8. The molecule has 0 fully saturated rings. The maximum Gasteiger partial charge on any atom is 0.311 e. The second-order valence-corrected chi connectivity index (χ2v) is 7.71. The molecule has 178 valence electrons. The quantitative estimate of drug-likeness (QED) is 0.293. The summed E-state index contributed by atoms with van der Waals surface area (Å²) in [4.78, 5) is 23.6. The lowest BCUT2D eigenvalue weighted by molar-refractivity contribution is -0.385. The lowest BCUT2D eigenvalue weighted by Gasteiger charge is -2.30. The summed E-state index contributed by atoms with van der Waals surface area (Å²) in [6.45, 7) is 0. The van der Waals surface area contributed by atoms with E-state index in [1.165, 1.54) is 32.6 Å². The van der Waals surface area contributed by atoms with Gasteiger partial charge in [0, 0.05) is 24.1 Å². The van der Waals surface area contributed by atoms with Gasteiger partial charge >= 0.3 is 5.69 Å². The van der Waals surface area contributed by atoms with Crippen molar-refractivity contribution in [3.05, 3.63) is 99.6 Å². The van der Waals surface area contributed by atoms with Gasteiger partial charge < -0.3 is 9.47 Å². The molecule has 1 aliphatic rings. The third-order valence-electron chi connectivity index (χ3n) is 5.71. The average Bonchev–Trinajstić information content (AvgIpc) is 3.36. The van der Waals surface area contributed by atoms with Crippen LogP contribution in [0.1, 0.15) is 23.1 Å². The minimum absolute atomic E-state index is 0.0533. The summed E-state index contributed by atoms with van der Waals surface area (Å²) >= 11 is 0. The molecule has 0 bridgehead atoms. The minimum Gasteiger partial charge on any atom is -0.496 e. The molecule has 0 spiro atoms. The predicted octanol–water partition coefficient (Wildman–Crippen LogP) is 3.36. The third kappa shape index (κ3) is 4.67. The summed E-state index contributed by atoms with van der Waals surface area (Å²) in [6, 6.07) is 22.2. The Hall–Kier alpha value is -4.73. The van der Waals surface area contributed by atoms with Gasteiger partial charge in [-0.3, -0.25) is 20.3 Å². The van der Waals surface area contributed by atoms with Crippen molar-refractivity contribution in [3.63, 3.8) is 0 Å². The first-order chi connectivity index (χ1) is 17.0. The fourth-order valence-electron chi connectivity index (χ4n) is 3.94. The monoisotopic (exact) mass is 473 g/mol. The zero-order valence-corrected chi connectivity index (χ0v) is 19.1. The Balaban J connectivity index is 1.54. The van der Waals surface area contributed by atoms with Crippen molar-refractivity contribution in [2.75, 3.05) is 14.2 Å². The fourth-order valence-corrected chi connectivity index (χ4v) is 3.94. The van der Waals surface area contributed by atoms with Gasteiger partial charge in [-0.05, 0) is 11.1 Å². The average molecular weight is 473 g/mol. The van der Waals surface area contributed by atoms with Crippen LogP contribution in [0.2, 0.25) is 0 Å². The maximum absolute atomic E-state index is 12.9. The van der Waals surface area contributed by atoms with Crippen LogP contribution in [-0.4, -0.2) is 37.0 Å². The number of nitrogens with zero attached hydrogens (tertiary/aromatic N) is 3. The number of nitrogens with one attached hydrogen (secondary N) is 2. The number of nitro groups is 1. The van der Waals surface area contributed by atoms with E-state index < -0.39 is 16.4 Å². The Kier molecular flexibility index (Phi) is 6.72. The van der Waals surface area contributed by atoms with Gasteiger partial charge in [0.25, 0.3) is 5.91 Å². The lowest BCUT2D eigenvalue weighted by Crippen LogP contribution is -2.38. The maximum atomic E-state index is 12.9. The van der Waals surface area contributed by atoms with E-state index in [9.17, 15) is 14.9 Å². The summed E-state index contributed by atoms with van der Waals surface area (Å²) in [5.41, 5.74) is 7.16. The molecule has 0 saturated carbocycles. The number of hydrazone groups is 2. The van der Waals surface area contributed by atoms with Crippen molar-refractivity contribution in [2.24, 2.45) is 10.2 Å². The van der Waals surface area contributed by atoms with Gasteiger partial charge in [0.1, 0.15) is 17.0 Å². The molecule has 3 aromatic carbocycles. The number of nitro benzene ring substituents is 1. The SMILES string of the molecule is COc1cc(OC)c([N+](=O)[O-])cc1/C=N\NC(=O)C1=NNC(c2ccccc2)(c2ccccc2)C1. The molecule has 4 rings (SSSR count). The number of carbonyl (C=O) groups excluding carboxylic acids is 1. The number of rotatable bonds is 8. The molecule has 3 aromatic rings. The van der Waals surface area contributed by atoms with E-state index in [0.717, 1.165) is 11.1 Å². The summed E-state index contributed by atoms with van der Waals surface area (Å²) in [5.74, 6) is -0.139. The van der Waals surface area contributed by atoms with Crippen LogP contribution < -0.4 is 20.3 Å². The van der Waals surface area contributed by atoms with Crippen molar-refractivity contribution in [2.45, 2.75) is 12.0 Å². The normalized spacial score (nSPS) is 14.2. The molecule has 1 aliphatic heterocycles. The van der Waals surface area contributed by atoms with Crippen LogP contribution >= 0.6 is 0 Å². The van der Waals surface area contributed by atoms with E-state index in [0.29, 0.717) is 17.7 Å².